The molecule has 1 rings (SSSR count). The lowest BCUT2D eigenvalue weighted by atomic mass is 9.97. The quantitative estimate of drug-likeness (QED) is 0.755. The number of nitrogens with one attached hydrogen (secondary N) is 1. The second kappa shape index (κ2) is 6.59. The Morgan fingerprint density at radius 1 is 1.38 bits per heavy atom. The van der Waals surface area contributed by atoms with E-state index in [2.05, 4.69) is 56.1 Å². The van der Waals surface area contributed by atoms with Crippen LogP contribution in [0.3, 0.4) is 0 Å². The van der Waals surface area contributed by atoms with Gasteiger partial charge in [-0.2, -0.15) is 0 Å². The summed E-state index contributed by atoms with van der Waals surface area (Å²) < 4.78 is 0. The number of benzene rings is 1. The van der Waals surface area contributed by atoms with E-state index >= 15 is 0 Å². The summed E-state index contributed by atoms with van der Waals surface area (Å²) in [6.45, 7) is 5.07. The predicted octanol–water partition coefficient (Wildman–Crippen LogP) is 3.38. The van der Waals surface area contributed by atoms with Gasteiger partial charge in [-0.1, -0.05) is 50.7 Å². The van der Waals surface area contributed by atoms with Crippen LogP contribution in [0.1, 0.15) is 37.3 Å². The third kappa shape index (κ3) is 4.27. The first-order valence-corrected chi connectivity index (χ1v) is 6.13. The molecule has 0 bridgehead atoms. The largest absolute Gasteiger partial charge is 0.347 e. The zero-order chi connectivity index (χ0) is 12.0. The first-order valence-electron chi connectivity index (χ1n) is 5.69. The van der Waals surface area contributed by atoms with Crippen LogP contribution >= 0.6 is 12.6 Å². The molecular weight excluding hydrogens is 218 g/mol. The average molecular weight is 237 g/mol. The van der Waals surface area contributed by atoms with Gasteiger partial charge in [-0.3, -0.25) is 4.79 Å². The number of carbonyl (C=O) groups excluding carboxylic acids is 1. The highest BCUT2D eigenvalue weighted by molar-refractivity contribution is 7.96. The van der Waals surface area contributed by atoms with E-state index in [1.165, 1.54) is 11.1 Å². The van der Waals surface area contributed by atoms with Crippen molar-refractivity contribution < 1.29 is 4.79 Å². The van der Waals surface area contributed by atoms with Crippen molar-refractivity contribution in [2.24, 2.45) is 0 Å². The fourth-order valence-corrected chi connectivity index (χ4v) is 1.67. The van der Waals surface area contributed by atoms with Gasteiger partial charge in [0.15, 0.2) is 0 Å². The minimum Gasteiger partial charge on any atom is -0.347 e. The lowest BCUT2D eigenvalue weighted by molar-refractivity contribution is 0.261. The molecule has 0 spiro atoms. The Balaban J connectivity index is 2.48. The molecule has 0 fully saturated rings. The second-order valence-electron chi connectivity index (χ2n) is 4.03. The molecule has 1 aromatic rings. The Kier molecular flexibility index (Phi) is 5.39. The smallest absolute Gasteiger partial charge is 0.275 e. The normalized spacial score (nSPS) is 12.2. The van der Waals surface area contributed by atoms with Crippen molar-refractivity contribution >= 4 is 17.9 Å². The van der Waals surface area contributed by atoms with Crippen LogP contribution < -0.4 is 5.32 Å². The fraction of sp³-hybridized carbons (Fsp3) is 0.462. The highest BCUT2D eigenvalue weighted by Gasteiger charge is 2.02. The van der Waals surface area contributed by atoms with E-state index in [0.717, 1.165) is 12.8 Å². The van der Waals surface area contributed by atoms with Gasteiger partial charge in [0.1, 0.15) is 0 Å². The molecule has 2 nitrogen and oxygen atoms in total. The molecule has 0 aliphatic carbocycles. The van der Waals surface area contributed by atoms with Gasteiger partial charge in [-0.25, -0.2) is 0 Å². The summed E-state index contributed by atoms with van der Waals surface area (Å²) >= 11 is 3.65. The van der Waals surface area contributed by atoms with Crippen molar-refractivity contribution in [3.8, 4) is 0 Å². The molecule has 16 heavy (non-hydrogen) atoms. The Morgan fingerprint density at radius 2 is 2.00 bits per heavy atom. The van der Waals surface area contributed by atoms with E-state index in [1.54, 1.807) is 0 Å². The van der Waals surface area contributed by atoms with Crippen LogP contribution in [0.5, 0.6) is 0 Å². The van der Waals surface area contributed by atoms with Gasteiger partial charge < -0.3 is 5.32 Å². The minimum atomic E-state index is -0.267. The number of hydrogen-bond acceptors (Lipinski definition) is 1. The summed E-state index contributed by atoms with van der Waals surface area (Å²) in [5, 5.41) is 2.40. The number of carbonyl (C=O) groups is 1. The van der Waals surface area contributed by atoms with Crippen molar-refractivity contribution in [2.45, 2.75) is 32.6 Å². The maximum atomic E-state index is 10.6. The summed E-state index contributed by atoms with van der Waals surface area (Å²) in [5.74, 6) is 0.617. The number of hydrogen-bond donors (Lipinski definition) is 2. The van der Waals surface area contributed by atoms with E-state index < -0.39 is 0 Å². The Morgan fingerprint density at radius 3 is 2.50 bits per heavy atom. The van der Waals surface area contributed by atoms with Crippen molar-refractivity contribution in [2.75, 3.05) is 6.54 Å². The van der Waals surface area contributed by atoms with Gasteiger partial charge in [0.05, 0.1) is 0 Å². The zero-order valence-corrected chi connectivity index (χ0v) is 10.8. The topological polar surface area (TPSA) is 29.1 Å². The van der Waals surface area contributed by atoms with Gasteiger partial charge in [0.2, 0.25) is 0 Å². The van der Waals surface area contributed by atoms with Crippen molar-refractivity contribution in [1.82, 2.24) is 5.32 Å². The van der Waals surface area contributed by atoms with Gasteiger partial charge in [0, 0.05) is 6.54 Å². The standard InChI is InChI=1S/C13H19NOS/c1-3-10(2)12-6-4-11(5-7-12)8-9-14-13(15)16/h4-7,10H,3,8-9H2,1-2H3,(H2,14,15,16). The summed E-state index contributed by atoms with van der Waals surface area (Å²) in [7, 11) is 0. The number of rotatable bonds is 5. The predicted molar refractivity (Wildman–Crippen MR) is 71.2 cm³/mol. The van der Waals surface area contributed by atoms with Crippen LogP contribution in [0, 0.1) is 0 Å². The second-order valence-corrected chi connectivity index (χ2v) is 4.44. The van der Waals surface area contributed by atoms with Crippen LogP contribution in [-0.2, 0) is 6.42 Å². The van der Waals surface area contributed by atoms with Crippen molar-refractivity contribution in [3.63, 3.8) is 0 Å². The summed E-state index contributed by atoms with van der Waals surface area (Å²) in [6.07, 6.45) is 2.02. The lowest BCUT2D eigenvalue weighted by Crippen LogP contribution is -2.19. The number of thiol groups is 1. The van der Waals surface area contributed by atoms with Gasteiger partial charge in [-0.05, 0) is 29.9 Å². The summed E-state index contributed by atoms with van der Waals surface area (Å²) in [4.78, 5) is 10.6. The molecule has 1 atom stereocenters. The van der Waals surface area contributed by atoms with Crippen LogP contribution in [-0.4, -0.2) is 11.8 Å². The van der Waals surface area contributed by atoms with Crippen LogP contribution in [0.15, 0.2) is 24.3 Å². The third-order valence-corrected chi connectivity index (χ3v) is 3.01. The maximum Gasteiger partial charge on any atom is 0.275 e. The van der Waals surface area contributed by atoms with Crippen LogP contribution in [0.4, 0.5) is 4.79 Å². The first-order chi connectivity index (χ1) is 7.63. The van der Waals surface area contributed by atoms with E-state index in [-0.39, 0.29) is 5.24 Å². The molecule has 1 unspecified atom stereocenters. The molecule has 0 aliphatic heterocycles. The van der Waals surface area contributed by atoms with Gasteiger partial charge >= 0.3 is 0 Å². The third-order valence-electron chi connectivity index (χ3n) is 2.85. The van der Waals surface area contributed by atoms with Crippen molar-refractivity contribution in [3.05, 3.63) is 35.4 Å². The molecule has 3 heteroatoms. The number of amides is 1. The molecular formula is C13H19NOS. The first kappa shape index (κ1) is 13.1. The van der Waals surface area contributed by atoms with E-state index in [4.69, 9.17) is 0 Å². The maximum absolute atomic E-state index is 10.6. The van der Waals surface area contributed by atoms with Gasteiger partial charge in [-0.15, -0.1) is 0 Å². The summed E-state index contributed by atoms with van der Waals surface area (Å²) in [6, 6.07) is 8.61. The Labute approximate surface area is 103 Å². The molecule has 0 aliphatic rings. The van der Waals surface area contributed by atoms with Crippen molar-refractivity contribution in [1.29, 1.82) is 0 Å². The molecule has 0 saturated heterocycles. The zero-order valence-electron chi connectivity index (χ0n) is 9.86. The monoisotopic (exact) mass is 237 g/mol. The molecule has 1 aromatic carbocycles. The molecule has 1 amide bonds. The highest BCUT2D eigenvalue weighted by atomic mass is 32.1. The van der Waals surface area contributed by atoms with E-state index in [0.29, 0.717) is 12.5 Å². The van der Waals surface area contributed by atoms with Crippen LogP contribution in [0.25, 0.3) is 0 Å². The molecule has 0 radical (unpaired) electrons. The average Bonchev–Trinajstić information content (AvgIpc) is 2.28. The Bertz CT molecular complexity index is 334. The SMILES string of the molecule is CCC(C)c1ccc(CCNC(=O)S)cc1. The van der Waals surface area contributed by atoms with E-state index in [9.17, 15) is 4.79 Å². The molecule has 0 saturated carbocycles. The van der Waals surface area contributed by atoms with Crippen LogP contribution in [0.2, 0.25) is 0 Å². The molecule has 0 heterocycles. The molecule has 0 aromatic heterocycles. The highest BCUT2D eigenvalue weighted by Crippen LogP contribution is 2.18. The fourth-order valence-electron chi connectivity index (χ4n) is 1.56. The summed E-state index contributed by atoms with van der Waals surface area (Å²) in [5.41, 5.74) is 2.62. The lowest BCUT2D eigenvalue weighted by Gasteiger charge is -2.09. The Hall–Kier alpha value is -0.960. The van der Waals surface area contributed by atoms with Gasteiger partial charge in [0.25, 0.3) is 5.24 Å². The molecule has 88 valence electrons. The minimum absolute atomic E-state index is 0.267. The van der Waals surface area contributed by atoms with E-state index in [1.807, 2.05) is 0 Å². The molecule has 1 N–H and O–H groups in total.